The number of allylic oxidation sites excluding steroid dienone is 3. The van der Waals surface area contributed by atoms with Crippen LogP contribution < -0.4 is 4.74 Å². The van der Waals surface area contributed by atoms with Crippen molar-refractivity contribution in [2.45, 2.75) is 180 Å². The lowest BCUT2D eigenvalue weighted by Crippen LogP contribution is -2.64. The summed E-state index contributed by atoms with van der Waals surface area (Å²) in [6, 6.07) is 7.05. The zero-order valence-corrected chi connectivity index (χ0v) is 42.3. The standard InChI is InChI=1S/C54H80N2O12/c1-11-23-65-46-29-37(16-19-45(46)66-40-17-18-41-39(30-40)20-22-55(41)8)27-34(5)49-36(7)43(57)31-44(58)38(12-2)25-32(3)24-33(4)26-47(63-9)50-48(64-10)28-35(6)54(62,68-50)51(59)52(60)56-21-14-13-15-42(56)53(61)67-49/h17-18,20,22,25,27,30,33,35-38,42-43,45-50,57,62H,11-16,19,21,23-24,26,28-29,31H2,1-10H3. The Morgan fingerprint density at radius 3 is 2.37 bits per heavy atom. The van der Waals surface area contributed by atoms with Gasteiger partial charge in [-0.1, -0.05) is 52.3 Å². The molecule has 0 spiro atoms. The van der Waals surface area contributed by atoms with E-state index in [9.17, 15) is 29.4 Å². The number of ether oxygens (including phenoxy) is 6. The lowest BCUT2D eigenvalue weighted by molar-refractivity contribution is -0.302. The molecule has 2 aromatic rings. The highest BCUT2D eigenvalue weighted by molar-refractivity contribution is 6.39. The maximum atomic E-state index is 14.6. The van der Waals surface area contributed by atoms with Crippen molar-refractivity contribution in [1.29, 1.82) is 0 Å². The van der Waals surface area contributed by atoms with Crippen LogP contribution >= 0.6 is 0 Å². The SMILES string of the molecule is CCCOC1CC(C=C(C)C2OC(=O)C3CCCCN3C(=O)C(=O)C3(O)OC(C(OC)CC(C)CC(C)=CC(CC)C(=O)CC(O)C2C)C(OC)CC3C)CCC1Oc1ccc2c(ccn2C)c1. The number of ketones is 2. The molecular formula is C54H80N2O12. The number of esters is 1. The summed E-state index contributed by atoms with van der Waals surface area (Å²) < 4.78 is 39.7. The molecule has 2 bridgehead atoms. The Morgan fingerprint density at radius 1 is 0.926 bits per heavy atom. The van der Waals surface area contributed by atoms with Crippen LogP contribution in [0, 0.1) is 29.6 Å². The van der Waals surface area contributed by atoms with E-state index in [-0.39, 0.29) is 55.6 Å². The highest BCUT2D eigenvalue weighted by atomic mass is 16.7. The molecule has 378 valence electrons. The third kappa shape index (κ3) is 12.3. The van der Waals surface area contributed by atoms with E-state index in [2.05, 4.69) is 42.7 Å². The van der Waals surface area contributed by atoms with E-state index in [4.69, 9.17) is 28.4 Å². The van der Waals surface area contributed by atoms with Crippen molar-refractivity contribution in [3.8, 4) is 5.75 Å². The highest BCUT2D eigenvalue weighted by Crippen LogP contribution is 2.40. The van der Waals surface area contributed by atoms with Crippen LogP contribution in [0.3, 0.4) is 0 Å². The van der Waals surface area contributed by atoms with Crippen LogP contribution in [0.25, 0.3) is 10.9 Å². The highest BCUT2D eigenvalue weighted by Gasteiger charge is 2.56. The van der Waals surface area contributed by atoms with Gasteiger partial charge in [-0.2, -0.15) is 0 Å². The van der Waals surface area contributed by atoms with Crippen LogP contribution in [0.2, 0.25) is 0 Å². The number of aryl methyl sites for hydroxylation is 1. The molecular weight excluding hydrogens is 869 g/mol. The molecule has 6 rings (SSSR count). The van der Waals surface area contributed by atoms with Crippen molar-refractivity contribution in [3.63, 3.8) is 0 Å². The van der Waals surface area contributed by atoms with Crippen molar-refractivity contribution in [2.24, 2.45) is 36.6 Å². The predicted molar refractivity (Wildman–Crippen MR) is 259 cm³/mol. The van der Waals surface area contributed by atoms with Gasteiger partial charge in [0.2, 0.25) is 5.79 Å². The van der Waals surface area contributed by atoms with Gasteiger partial charge in [0.05, 0.1) is 24.4 Å². The maximum Gasteiger partial charge on any atom is 0.329 e. The van der Waals surface area contributed by atoms with Gasteiger partial charge in [0.15, 0.2) is 0 Å². The van der Waals surface area contributed by atoms with Crippen molar-refractivity contribution in [1.82, 2.24) is 9.47 Å². The number of aromatic nitrogens is 1. The molecule has 68 heavy (non-hydrogen) atoms. The zero-order chi connectivity index (χ0) is 49.4. The normalized spacial score (nSPS) is 35.6. The zero-order valence-electron chi connectivity index (χ0n) is 42.3. The molecule has 2 N–H and O–H groups in total. The van der Waals surface area contributed by atoms with Crippen LogP contribution in [-0.4, -0.2) is 125 Å². The fourth-order valence-electron chi connectivity index (χ4n) is 11.2. The average Bonchev–Trinajstić information content (AvgIpc) is 3.70. The van der Waals surface area contributed by atoms with Gasteiger partial charge in [-0.05, 0) is 126 Å². The molecule has 3 aliphatic heterocycles. The third-order valence-corrected chi connectivity index (χ3v) is 15.2. The number of nitrogens with zero attached hydrogens (tertiary/aromatic N) is 2. The molecule has 14 nitrogen and oxygen atoms in total. The quantitative estimate of drug-likeness (QED) is 0.135. The van der Waals surface area contributed by atoms with E-state index < -0.39 is 77.8 Å². The first kappa shape index (κ1) is 53.4. The lowest BCUT2D eigenvalue weighted by atomic mass is 9.81. The summed E-state index contributed by atoms with van der Waals surface area (Å²) >= 11 is 0. The minimum absolute atomic E-state index is 0.0194. The number of carbonyl (C=O) groups is 4. The number of cyclic esters (lactones) is 1. The Kier molecular flexibility index (Phi) is 18.7. The maximum absolute atomic E-state index is 14.6. The number of Topliss-reactive ketones (excluding diaryl/α,β-unsaturated/α-hetero) is 2. The minimum atomic E-state index is -2.51. The molecule has 1 aromatic carbocycles. The van der Waals surface area contributed by atoms with Gasteiger partial charge in [-0.15, -0.1) is 0 Å². The summed E-state index contributed by atoms with van der Waals surface area (Å²) in [5.41, 5.74) is 2.83. The minimum Gasteiger partial charge on any atom is -0.488 e. The van der Waals surface area contributed by atoms with Crippen LogP contribution in [-0.2, 0) is 49.9 Å². The molecule has 4 aliphatic rings. The van der Waals surface area contributed by atoms with Gasteiger partial charge < -0.3 is 48.1 Å². The topological polar surface area (TPSA) is 172 Å². The van der Waals surface area contributed by atoms with Crippen LogP contribution in [0.1, 0.15) is 126 Å². The Labute approximate surface area is 404 Å². The largest absolute Gasteiger partial charge is 0.488 e. The molecule has 1 aromatic heterocycles. The van der Waals surface area contributed by atoms with Gasteiger partial charge in [-0.25, -0.2) is 4.79 Å². The molecule has 14 heteroatoms. The Hall–Kier alpha value is -3.92. The number of aliphatic hydroxyl groups is 2. The number of rotatable bonds is 10. The fourth-order valence-corrected chi connectivity index (χ4v) is 11.2. The summed E-state index contributed by atoms with van der Waals surface area (Å²) in [5, 5.41) is 25.2. The van der Waals surface area contributed by atoms with E-state index in [1.807, 2.05) is 46.2 Å². The molecule has 3 fully saturated rings. The third-order valence-electron chi connectivity index (χ3n) is 15.2. The van der Waals surface area contributed by atoms with Gasteiger partial charge in [0.1, 0.15) is 35.9 Å². The monoisotopic (exact) mass is 949 g/mol. The second-order valence-electron chi connectivity index (χ2n) is 20.5. The number of amides is 1. The number of hydrogen-bond donors (Lipinski definition) is 2. The van der Waals surface area contributed by atoms with E-state index >= 15 is 0 Å². The van der Waals surface area contributed by atoms with Gasteiger partial charge in [0, 0.05) is 75.7 Å². The molecule has 14 atom stereocenters. The summed E-state index contributed by atoms with van der Waals surface area (Å²) in [6.45, 7) is 14.1. The summed E-state index contributed by atoms with van der Waals surface area (Å²) in [6.07, 6.45) is 7.62. The average molecular weight is 949 g/mol. The molecule has 4 heterocycles. The molecule has 0 radical (unpaired) electrons. The molecule has 1 amide bonds. The Bertz CT molecular complexity index is 2110. The van der Waals surface area contributed by atoms with E-state index in [0.717, 1.165) is 41.5 Å². The molecule has 1 saturated carbocycles. The predicted octanol–water partition coefficient (Wildman–Crippen LogP) is 7.83. The molecule has 2 saturated heterocycles. The van der Waals surface area contributed by atoms with Crippen molar-refractivity contribution >= 4 is 34.3 Å². The summed E-state index contributed by atoms with van der Waals surface area (Å²) in [7, 11) is 5.10. The van der Waals surface area contributed by atoms with Crippen molar-refractivity contribution in [3.05, 3.63) is 53.8 Å². The first-order valence-electron chi connectivity index (χ1n) is 25.3. The fraction of sp³-hybridized carbons (Fsp3) is 0.704. The number of piperidine rings is 1. The first-order valence-corrected chi connectivity index (χ1v) is 25.3. The van der Waals surface area contributed by atoms with Gasteiger partial charge in [-0.3, -0.25) is 14.4 Å². The number of hydrogen-bond acceptors (Lipinski definition) is 12. The van der Waals surface area contributed by atoms with Gasteiger partial charge >= 0.3 is 5.97 Å². The number of carbonyl (C=O) groups excluding carboxylic acids is 4. The second kappa shape index (κ2) is 23.8. The van der Waals surface area contributed by atoms with Crippen LogP contribution in [0.4, 0.5) is 0 Å². The first-order chi connectivity index (χ1) is 32.4. The van der Waals surface area contributed by atoms with Crippen LogP contribution in [0.15, 0.2) is 53.8 Å². The molecule has 14 unspecified atom stereocenters. The van der Waals surface area contributed by atoms with E-state index in [1.54, 1.807) is 28.1 Å². The van der Waals surface area contributed by atoms with Crippen molar-refractivity contribution < 1.29 is 57.8 Å². The Morgan fingerprint density at radius 2 is 1.66 bits per heavy atom. The van der Waals surface area contributed by atoms with E-state index in [0.29, 0.717) is 50.7 Å². The van der Waals surface area contributed by atoms with Crippen molar-refractivity contribution in [2.75, 3.05) is 27.4 Å². The number of methoxy groups -OCH3 is 2. The number of benzene rings is 1. The Balaban J connectivity index is 1.31. The van der Waals surface area contributed by atoms with Crippen LogP contribution in [0.5, 0.6) is 5.75 Å². The van der Waals surface area contributed by atoms with E-state index in [1.165, 1.54) is 4.90 Å². The molecule has 1 aliphatic carbocycles. The summed E-state index contributed by atoms with van der Waals surface area (Å²) in [4.78, 5) is 58.7. The lowest BCUT2D eigenvalue weighted by Gasteiger charge is -2.47. The summed E-state index contributed by atoms with van der Waals surface area (Å²) in [5.74, 6) is -6.68. The number of aliphatic hydroxyl groups excluding tert-OH is 1. The van der Waals surface area contributed by atoms with Gasteiger partial charge in [0.25, 0.3) is 11.7 Å². The second-order valence-corrected chi connectivity index (χ2v) is 20.5. The smallest absolute Gasteiger partial charge is 0.329 e. The number of fused-ring (bicyclic) bond motifs is 4.